The number of carbonyl (C=O) groups excluding carboxylic acids is 1. The topological polar surface area (TPSA) is 77.2 Å². The molecule has 1 heterocycles. The van der Waals surface area contributed by atoms with Crippen molar-refractivity contribution in [3.8, 4) is 5.75 Å². The second-order valence-electron chi connectivity index (χ2n) is 5.09. The van der Waals surface area contributed by atoms with Crippen molar-refractivity contribution in [2.75, 3.05) is 5.32 Å². The number of nitrogens with one attached hydrogen (secondary N) is 1. The summed E-state index contributed by atoms with van der Waals surface area (Å²) in [7, 11) is 0. The molecule has 1 amide bonds. The van der Waals surface area contributed by atoms with E-state index in [0.717, 1.165) is 5.56 Å². The maximum atomic E-state index is 12.0. The van der Waals surface area contributed by atoms with Crippen molar-refractivity contribution in [3.05, 3.63) is 70.5 Å². The fourth-order valence-corrected chi connectivity index (χ4v) is 2.14. The number of nitrogens with zero attached hydrogens (tertiary/aromatic N) is 2. The van der Waals surface area contributed by atoms with Gasteiger partial charge in [0.2, 0.25) is 0 Å². The van der Waals surface area contributed by atoms with E-state index in [2.05, 4.69) is 20.3 Å². The van der Waals surface area contributed by atoms with E-state index in [9.17, 15) is 4.79 Å². The summed E-state index contributed by atoms with van der Waals surface area (Å²) in [6, 6.07) is 14.5. The summed E-state index contributed by atoms with van der Waals surface area (Å²) in [6.07, 6.45) is 0. The summed E-state index contributed by atoms with van der Waals surface area (Å²) >= 11 is 5.84. The van der Waals surface area contributed by atoms with Gasteiger partial charge in [0, 0.05) is 10.7 Å². The van der Waals surface area contributed by atoms with Gasteiger partial charge in [0.1, 0.15) is 18.1 Å². The van der Waals surface area contributed by atoms with Crippen molar-refractivity contribution < 1.29 is 14.2 Å². The summed E-state index contributed by atoms with van der Waals surface area (Å²) in [4.78, 5) is 12.0. The molecular formula is C17H14ClN3O3. The molecular weight excluding hydrogens is 330 g/mol. The van der Waals surface area contributed by atoms with Crippen LogP contribution in [0, 0.1) is 6.92 Å². The Kier molecular flexibility index (Phi) is 4.77. The van der Waals surface area contributed by atoms with Gasteiger partial charge in [0.25, 0.3) is 5.91 Å². The average Bonchev–Trinajstić information content (AvgIpc) is 3.02. The predicted octanol–water partition coefficient (Wildman–Crippen LogP) is 3.86. The lowest BCUT2D eigenvalue weighted by Crippen LogP contribution is -2.13. The number of aryl methyl sites for hydroxylation is 1. The number of ether oxygens (including phenoxy) is 1. The van der Waals surface area contributed by atoms with Gasteiger partial charge >= 0.3 is 0 Å². The third kappa shape index (κ3) is 3.91. The minimum atomic E-state index is -0.372. The van der Waals surface area contributed by atoms with Crippen LogP contribution < -0.4 is 10.1 Å². The monoisotopic (exact) mass is 343 g/mol. The van der Waals surface area contributed by atoms with Crippen LogP contribution in [0.25, 0.3) is 0 Å². The molecule has 1 N–H and O–H groups in total. The lowest BCUT2D eigenvalue weighted by Gasteiger charge is -2.08. The average molecular weight is 344 g/mol. The Hall–Kier alpha value is -2.86. The van der Waals surface area contributed by atoms with E-state index in [0.29, 0.717) is 28.8 Å². The van der Waals surface area contributed by atoms with Crippen molar-refractivity contribution >= 4 is 23.2 Å². The van der Waals surface area contributed by atoms with Crippen LogP contribution in [0.3, 0.4) is 0 Å². The van der Waals surface area contributed by atoms with Crippen LogP contribution >= 0.6 is 11.6 Å². The molecule has 0 aliphatic rings. The first kappa shape index (κ1) is 16.0. The molecule has 0 unspecified atom stereocenters. The van der Waals surface area contributed by atoms with Crippen LogP contribution in [0.1, 0.15) is 21.7 Å². The van der Waals surface area contributed by atoms with Gasteiger partial charge in [-0.15, -0.1) is 0 Å². The van der Waals surface area contributed by atoms with Crippen LogP contribution in [-0.4, -0.2) is 16.2 Å². The Balaban J connectivity index is 1.58. The van der Waals surface area contributed by atoms with Gasteiger partial charge in [0.05, 0.1) is 0 Å². The quantitative estimate of drug-likeness (QED) is 0.761. The molecule has 0 aliphatic carbocycles. The molecule has 122 valence electrons. The van der Waals surface area contributed by atoms with Crippen LogP contribution in [0.15, 0.2) is 53.2 Å². The third-order valence-corrected chi connectivity index (χ3v) is 3.55. The summed E-state index contributed by atoms with van der Waals surface area (Å²) in [5, 5.41) is 10.6. The Morgan fingerprint density at radius 3 is 2.46 bits per heavy atom. The molecule has 0 fully saturated rings. The maximum absolute atomic E-state index is 12.0. The molecule has 0 saturated carbocycles. The smallest absolute Gasteiger partial charge is 0.279 e. The van der Waals surface area contributed by atoms with Crippen LogP contribution in [-0.2, 0) is 6.61 Å². The van der Waals surface area contributed by atoms with Crippen molar-refractivity contribution in [2.24, 2.45) is 0 Å². The van der Waals surface area contributed by atoms with Gasteiger partial charge in [-0.3, -0.25) is 4.79 Å². The molecule has 0 radical (unpaired) electrons. The SMILES string of the molecule is Cc1nonc1C(=O)Nc1ccc(OCc2ccc(Cl)cc2)cc1. The number of aromatic nitrogens is 2. The van der Waals surface area contributed by atoms with Crippen molar-refractivity contribution in [2.45, 2.75) is 13.5 Å². The minimum Gasteiger partial charge on any atom is -0.489 e. The molecule has 2 aromatic carbocycles. The van der Waals surface area contributed by atoms with E-state index in [1.54, 1.807) is 31.2 Å². The largest absolute Gasteiger partial charge is 0.489 e. The second-order valence-corrected chi connectivity index (χ2v) is 5.53. The van der Waals surface area contributed by atoms with Crippen molar-refractivity contribution in [3.63, 3.8) is 0 Å². The highest BCUT2D eigenvalue weighted by Gasteiger charge is 2.14. The van der Waals surface area contributed by atoms with Gasteiger partial charge < -0.3 is 10.1 Å². The highest BCUT2D eigenvalue weighted by molar-refractivity contribution is 6.30. The van der Waals surface area contributed by atoms with Gasteiger partial charge in [-0.1, -0.05) is 28.9 Å². The number of rotatable bonds is 5. The van der Waals surface area contributed by atoms with Crippen LogP contribution in [0.5, 0.6) is 5.75 Å². The van der Waals surface area contributed by atoms with E-state index in [1.807, 2.05) is 24.3 Å². The summed E-state index contributed by atoms with van der Waals surface area (Å²) < 4.78 is 10.2. The summed E-state index contributed by atoms with van der Waals surface area (Å²) in [5.74, 6) is 0.325. The fraction of sp³-hybridized carbons (Fsp3) is 0.118. The summed E-state index contributed by atoms with van der Waals surface area (Å²) in [5.41, 5.74) is 2.25. The molecule has 24 heavy (non-hydrogen) atoms. The molecule has 3 rings (SSSR count). The highest BCUT2D eigenvalue weighted by Crippen LogP contribution is 2.18. The number of anilines is 1. The molecule has 1 aromatic heterocycles. The van der Waals surface area contributed by atoms with E-state index in [4.69, 9.17) is 16.3 Å². The number of benzene rings is 2. The Morgan fingerprint density at radius 2 is 1.83 bits per heavy atom. The van der Waals surface area contributed by atoms with Gasteiger partial charge in [0.15, 0.2) is 5.69 Å². The number of hydrogen-bond donors (Lipinski definition) is 1. The zero-order valence-electron chi connectivity index (χ0n) is 12.8. The first-order chi connectivity index (χ1) is 11.6. The molecule has 0 saturated heterocycles. The fourth-order valence-electron chi connectivity index (χ4n) is 2.01. The zero-order chi connectivity index (χ0) is 16.9. The van der Waals surface area contributed by atoms with Crippen molar-refractivity contribution in [1.29, 1.82) is 0 Å². The number of amides is 1. The van der Waals surface area contributed by atoms with E-state index < -0.39 is 0 Å². The van der Waals surface area contributed by atoms with Crippen molar-refractivity contribution in [1.82, 2.24) is 10.3 Å². The Morgan fingerprint density at radius 1 is 1.12 bits per heavy atom. The van der Waals surface area contributed by atoms with Crippen LogP contribution in [0.2, 0.25) is 5.02 Å². The lowest BCUT2D eigenvalue weighted by atomic mass is 10.2. The van der Waals surface area contributed by atoms with E-state index >= 15 is 0 Å². The molecule has 0 aliphatic heterocycles. The number of carbonyl (C=O) groups is 1. The van der Waals surface area contributed by atoms with Gasteiger partial charge in [-0.25, -0.2) is 4.63 Å². The molecule has 0 bridgehead atoms. The number of hydrogen-bond acceptors (Lipinski definition) is 5. The predicted molar refractivity (Wildman–Crippen MR) is 89.2 cm³/mol. The second kappa shape index (κ2) is 7.14. The molecule has 3 aromatic rings. The Bertz CT molecular complexity index is 829. The maximum Gasteiger partial charge on any atom is 0.279 e. The van der Waals surface area contributed by atoms with E-state index in [-0.39, 0.29) is 11.6 Å². The van der Waals surface area contributed by atoms with Gasteiger partial charge in [-0.2, -0.15) is 0 Å². The van der Waals surface area contributed by atoms with Gasteiger partial charge in [-0.05, 0) is 54.0 Å². The minimum absolute atomic E-state index is 0.165. The normalized spacial score (nSPS) is 10.4. The number of halogens is 1. The highest BCUT2D eigenvalue weighted by atomic mass is 35.5. The Labute approximate surface area is 143 Å². The molecule has 0 atom stereocenters. The van der Waals surface area contributed by atoms with Crippen LogP contribution in [0.4, 0.5) is 5.69 Å². The first-order valence-corrected chi connectivity index (χ1v) is 7.57. The first-order valence-electron chi connectivity index (χ1n) is 7.19. The standard InChI is InChI=1S/C17H14ClN3O3/c1-11-16(21-24-20-11)17(22)19-14-6-8-15(9-7-14)23-10-12-2-4-13(18)5-3-12/h2-9H,10H2,1H3,(H,19,22). The van der Waals surface area contributed by atoms with E-state index in [1.165, 1.54) is 0 Å². The lowest BCUT2D eigenvalue weighted by molar-refractivity contribution is 0.101. The zero-order valence-corrected chi connectivity index (χ0v) is 13.6. The molecule has 6 nitrogen and oxygen atoms in total. The third-order valence-electron chi connectivity index (χ3n) is 3.30. The summed E-state index contributed by atoms with van der Waals surface area (Å²) in [6.45, 7) is 2.09. The molecule has 7 heteroatoms. The molecule has 0 spiro atoms.